The standard InChI is InChI=1S/C13H16N2O4/c1-7(9-5-8(16)3-4-11(9)17)14-10-6-12(18)15(2)13(10)19/h3-5,7,10,14,16-17H,6H2,1-2H3. The van der Waals surface area contributed by atoms with Gasteiger partial charge in [0.05, 0.1) is 12.5 Å². The number of nitrogens with one attached hydrogen (secondary N) is 1. The fourth-order valence-electron chi connectivity index (χ4n) is 2.17. The molecule has 1 aromatic rings. The number of phenols is 2. The molecule has 1 fully saturated rings. The number of carbonyl (C=O) groups is 2. The van der Waals surface area contributed by atoms with Crippen LogP contribution in [0.3, 0.4) is 0 Å². The van der Waals surface area contributed by atoms with E-state index in [0.29, 0.717) is 5.56 Å². The monoisotopic (exact) mass is 264 g/mol. The Balaban J connectivity index is 2.13. The van der Waals surface area contributed by atoms with Crippen LogP contribution >= 0.6 is 0 Å². The van der Waals surface area contributed by atoms with Gasteiger partial charge >= 0.3 is 0 Å². The van der Waals surface area contributed by atoms with Gasteiger partial charge in [0.25, 0.3) is 0 Å². The predicted molar refractivity (Wildman–Crippen MR) is 67.5 cm³/mol. The molecule has 2 unspecified atom stereocenters. The molecular weight excluding hydrogens is 248 g/mol. The number of benzene rings is 1. The van der Waals surface area contributed by atoms with Crippen LogP contribution < -0.4 is 5.32 Å². The molecule has 0 radical (unpaired) electrons. The number of likely N-dealkylation sites (tertiary alicyclic amines) is 1. The molecule has 0 bridgehead atoms. The molecule has 1 heterocycles. The van der Waals surface area contributed by atoms with E-state index in [0.717, 1.165) is 4.90 Å². The Hall–Kier alpha value is -2.08. The van der Waals surface area contributed by atoms with E-state index < -0.39 is 6.04 Å². The van der Waals surface area contributed by atoms with Gasteiger partial charge in [0.1, 0.15) is 11.5 Å². The highest BCUT2D eigenvalue weighted by atomic mass is 16.3. The molecule has 1 aromatic carbocycles. The van der Waals surface area contributed by atoms with Crippen molar-refractivity contribution in [3.8, 4) is 11.5 Å². The lowest BCUT2D eigenvalue weighted by atomic mass is 10.1. The third kappa shape index (κ3) is 2.53. The molecule has 0 aromatic heterocycles. The van der Waals surface area contributed by atoms with Crippen molar-refractivity contribution in [2.24, 2.45) is 0 Å². The highest BCUT2D eigenvalue weighted by Gasteiger charge is 2.36. The molecule has 0 spiro atoms. The summed E-state index contributed by atoms with van der Waals surface area (Å²) in [5.74, 6) is -0.443. The average molecular weight is 264 g/mol. The molecule has 0 aliphatic carbocycles. The highest BCUT2D eigenvalue weighted by molar-refractivity contribution is 6.05. The second-order valence-electron chi connectivity index (χ2n) is 4.68. The third-order valence-corrected chi connectivity index (χ3v) is 3.31. The van der Waals surface area contributed by atoms with Gasteiger partial charge in [-0.05, 0) is 25.1 Å². The summed E-state index contributed by atoms with van der Waals surface area (Å²) in [6, 6.07) is 3.24. The van der Waals surface area contributed by atoms with Gasteiger partial charge < -0.3 is 10.2 Å². The molecular formula is C13H16N2O4. The Morgan fingerprint density at radius 2 is 2.05 bits per heavy atom. The van der Waals surface area contributed by atoms with Crippen LogP contribution in [0, 0.1) is 0 Å². The molecule has 1 saturated heterocycles. The summed E-state index contributed by atoms with van der Waals surface area (Å²) in [6.45, 7) is 1.75. The van der Waals surface area contributed by atoms with Crippen LogP contribution in [0.15, 0.2) is 18.2 Å². The highest BCUT2D eigenvalue weighted by Crippen LogP contribution is 2.28. The first-order chi connectivity index (χ1) is 8.90. The number of nitrogens with zero attached hydrogens (tertiary/aromatic N) is 1. The third-order valence-electron chi connectivity index (χ3n) is 3.31. The van der Waals surface area contributed by atoms with E-state index in [1.54, 1.807) is 6.92 Å². The lowest BCUT2D eigenvalue weighted by molar-refractivity contribution is -0.137. The van der Waals surface area contributed by atoms with Gasteiger partial charge in [0.15, 0.2) is 0 Å². The Morgan fingerprint density at radius 3 is 2.63 bits per heavy atom. The fourth-order valence-corrected chi connectivity index (χ4v) is 2.17. The summed E-state index contributed by atoms with van der Waals surface area (Å²) in [5, 5.41) is 22.1. The van der Waals surface area contributed by atoms with Crippen LogP contribution in [0.1, 0.15) is 24.9 Å². The first kappa shape index (κ1) is 13.4. The van der Waals surface area contributed by atoms with Crippen molar-refractivity contribution in [1.82, 2.24) is 10.2 Å². The SMILES string of the molecule is CC(NC1CC(=O)N(C)C1=O)c1cc(O)ccc1O. The minimum atomic E-state index is -0.589. The topological polar surface area (TPSA) is 89.9 Å². The maximum atomic E-state index is 11.8. The molecule has 2 rings (SSSR count). The van der Waals surface area contributed by atoms with Crippen LogP contribution in [0.5, 0.6) is 11.5 Å². The van der Waals surface area contributed by atoms with E-state index in [-0.39, 0.29) is 35.8 Å². The summed E-state index contributed by atoms with van der Waals surface area (Å²) in [6.07, 6.45) is 0.110. The summed E-state index contributed by atoms with van der Waals surface area (Å²) >= 11 is 0. The molecule has 2 atom stereocenters. The number of likely N-dealkylation sites (N-methyl/N-ethyl adjacent to an activating group) is 1. The Labute approximate surface area is 110 Å². The molecule has 0 saturated carbocycles. The number of rotatable bonds is 3. The molecule has 1 aliphatic rings. The molecule has 1 aliphatic heterocycles. The zero-order valence-electron chi connectivity index (χ0n) is 10.8. The second kappa shape index (κ2) is 4.89. The van der Waals surface area contributed by atoms with Crippen molar-refractivity contribution in [3.63, 3.8) is 0 Å². The molecule has 3 N–H and O–H groups in total. The smallest absolute Gasteiger partial charge is 0.246 e. The van der Waals surface area contributed by atoms with E-state index in [1.807, 2.05) is 0 Å². The molecule has 102 valence electrons. The van der Waals surface area contributed by atoms with Crippen LogP contribution in [-0.2, 0) is 9.59 Å². The van der Waals surface area contributed by atoms with E-state index in [4.69, 9.17) is 0 Å². The summed E-state index contributed by atoms with van der Waals surface area (Å²) in [4.78, 5) is 24.3. The minimum Gasteiger partial charge on any atom is -0.508 e. The van der Waals surface area contributed by atoms with Gasteiger partial charge in [-0.1, -0.05) is 0 Å². The van der Waals surface area contributed by atoms with E-state index in [2.05, 4.69) is 5.32 Å². The van der Waals surface area contributed by atoms with Crippen molar-refractivity contribution < 1.29 is 19.8 Å². The number of carbonyl (C=O) groups excluding carboxylic acids is 2. The summed E-state index contributed by atoms with van der Waals surface area (Å²) in [7, 11) is 1.45. The number of phenolic OH excluding ortho intramolecular Hbond substituents is 2. The van der Waals surface area contributed by atoms with Crippen LogP contribution in [0.25, 0.3) is 0 Å². The molecule has 19 heavy (non-hydrogen) atoms. The quantitative estimate of drug-likeness (QED) is 0.546. The lowest BCUT2D eigenvalue weighted by Gasteiger charge is -2.19. The Morgan fingerprint density at radius 1 is 1.37 bits per heavy atom. The van der Waals surface area contributed by atoms with E-state index in [1.165, 1.54) is 25.2 Å². The van der Waals surface area contributed by atoms with Gasteiger partial charge in [-0.15, -0.1) is 0 Å². The number of amides is 2. The van der Waals surface area contributed by atoms with Gasteiger partial charge in [0.2, 0.25) is 11.8 Å². The van der Waals surface area contributed by atoms with Crippen molar-refractivity contribution in [2.45, 2.75) is 25.4 Å². The van der Waals surface area contributed by atoms with Gasteiger partial charge in [-0.25, -0.2) is 0 Å². The number of hydrogen-bond donors (Lipinski definition) is 3. The lowest BCUT2D eigenvalue weighted by Crippen LogP contribution is -2.38. The number of hydrogen-bond acceptors (Lipinski definition) is 5. The van der Waals surface area contributed by atoms with E-state index in [9.17, 15) is 19.8 Å². The van der Waals surface area contributed by atoms with Crippen molar-refractivity contribution in [3.05, 3.63) is 23.8 Å². The van der Waals surface area contributed by atoms with Crippen molar-refractivity contribution in [1.29, 1.82) is 0 Å². The molecule has 6 heteroatoms. The molecule has 2 amide bonds. The zero-order chi connectivity index (χ0) is 14.2. The number of aromatic hydroxyl groups is 2. The zero-order valence-corrected chi connectivity index (χ0v) is 10.8. The number of imide groups is 1. The first-order valence-corrected chi connectivity index (χ1v) is 5.98. The summed E-state index contributed by atoms with van der Waals surface area (Å²) in [5.41, 5.74) is 0.481. The van der Waals surface area contributed by atoms with Gasteiger partial charge in [-0.2, -0.15) is 0 Å². The van der Waals surface area contributed by atoms with Crippen LogP contribution in [0.4, 0.5) is 0 Å². The Bertz CT molecular complexity index is 529. The Kier molecular flexibility index (Phi) is 3.44. The largest absolute Gasteiger partial charge is 0.508 e. The normalized spacial score (nSPS) is 20.9. The predicted octanol–water partition coefficient (Wildman–Crippen LogP) is 0.506. The maximum Gasteiger partial charge on any atom is 0.246 e. The van der Waals surface area contributed by atoms with Crippen molar-refractivity contribution >= 4 is 11.8 Å². The van der Waals surface area contributed by atoms with E-state index >= 15 is 0 Å². The second-order valence-corrected chi connectivity index (χ2v) is 4.68. The fraction of sp³-hybridized carbons (Fsp3) is 0.385. The summed E-state index contributed by atoms with van der Waals surface area (Å²) < 4.78 is 0. The van der Waals surface area contributed by atoms with Crippen LogP contribution in [0.2, 0.25) is 0 Å². The molecule has 6 nitrogen and oxygen atoms in total. The first-order valence-electron chi connectivity index (χ1n) is 5.98. The minimum absolute atomic E-state index is 0.0305. The van der Waals surface area contributed by atoms with Crippen LogP contribution in [-0.4, -0.2) is 40.0 Å². The van der Waals surface area contributed by atoms with Crippen molar-refractivity contribution in [2.75, 3.05) is 7.05 Å². The maximum absolute atomic E-state index is 11.8. The van der Waals surface area contributed by atoms with Gasteiger partial charge in [0, 0.05) is 18.7 Å². The average Bonchev–Trinajstić information content (AvgIpc) is 2.60. The van der Waals surface area contributed by atoms with Gasteiger partial charge in [-0.3, -0.25) is 19.8 Å².